The summed E-state index contributed by atoms with van der Waals surface area (Å²) in [6.07, 6.45) is 2.15. The highest BCUT2D eigenvalue weighted by Crippen LogP contribution is 2.10. The minimum atomic E-state index is -0.593. The van der Waals surface area contributed by atoms with Gasteiger partial charge in [-0.05, 0) is 25.8 Å². The second kappa shape index (κ2) is 8.48. The molecule has 0 bridgehead atoms. The minimum Gasteiger partial charge on any atom is -0.411 e. The summed E-state index contributed by atoms with van der Waals surface area (Å²) in [5.74, 6) is 5.71. The molecule has 1 rings (SSSR count). The van der Waals surface area contributed by atoms with Gasteiger partial charge in [0.05, 0.1) is 11.8 Å². The molecule has 1 N–H and O–H groups in total. The third-order valence-electron chi connectivity index (χ3n) is 2.06. The van der Waals surface area contributed by atoms with Gasteiger partial charge in [-0.2, -0.15) is 0 Å². The summed E-state index contributed by atoms with van der Waals surface area (Å²) in [4.78, 5) is 3.93. The predicted octanol–water partition coefficient (Wildman–Crippen LogP) is 2.29. The number of pyridine rings is 1. The van der Waals surface area contributed by atoms with Gasteiger partial charge in [0, 0.05) is 25.0 Å². The molecule has 102 valence electrons. The number of hydrogen-bond donors (Lipinski definition) is 1. The zero-order chi connectivity index (χ0) is 14.1. The lowest BCUT2D eigenvalue weighted by molar-refractivity contribution is -0.0969. The maximum atomic E-state index is 8.59. The summed E-state index contributed by atoms with van der Waals surface area (Å²) >= 11 is 5.76. The zero-order valence-electron chi connectivity index (χ0n) is 10.8. The van der Waals surface area contributed by atoms with Crippen LogP contribution >= 0.6 is 11.6 Å². The Balaban J connectivity index is 2.97. The van der Waals surface area contributed by atoms with E-state index < -0.39 is 6.29 Å². The molecule has 0 saturated carbocycles. The van der Waals surface area contributed by atoms with E-state index in [4.69, 9.17) is 26.3 Å². The molecule has 1 heterocycles. The summed E-state index contributed by atoms with van der Waals surface area (Å²) in [6, 6.07) is 1.56. The normalized spacial score (nSPS) is 10.7. The summed E-state index contributed by atoms with van der Waals surface area (Å²) in [6.45, 7) is 4.73. The van der Waals surface area contributed by atoms with Crippen molar-refractivity contribution in [3.63, 3.8) is 0 Å². The molecule has 0 aromatic carbocycles. The summed E-state index contributed by atoms with van der Waals surface area (Å²) in [5, 5.41) is 11.9. The van der Waals surface area contributed by atoms with Crippen LogP contribution in [0.4, 0.5) is 0 Å². The van der Waals surface area contributed by atoms with E-state index in [-0.39, 0.29) is 0 Å². The van der Waals surface area contributed by atoms with Gasteiger partial charge in [-0.25, -0.2) is 4.98 Å². The quantitative estimate of drug-likeness (QED) is 0.225. The fraction of sp³-hybridized carbons (Fsp3) is 0.385. The Morgan fingerprint density at radius 3 is 2.74 bits per heavy atom. The molecule has 0 aliphatic heterocycles. The highest BCUT2D eigenvalue weighted by molar-refractivity contribution is 6.29. The summed E-state index contributed by atoms with van der Waals surface area (Å²) in [7, 11) is 0. The van der Waals surface area contributed by atoms with Crippen LogP contribution in [0.5, 0.6) is 0 Å². The van der Waals surface area contributed by atoms with Crippen LogP contribution in [0.15, 0.2) is 17.4 Å². The van der Waals surface area contributed by atoms with Gasteiger partial charge in [0.25, 0.3) is 0 Å². The largest absolute Gasteiger partial charge is 0.411 e. The second-order valence-electron chi connectivity index (χ2n) is 3.35. The Morgan fingerprint density at radius 2 is 2.16 bits per heavy atom. The van der Waals surface area contributed by atoms with E-state index in [2.05, 4.69) is 22.0 Å². The molecular weight excluding hydrogens is 268 g/mol. The molecular formula is C13H15ClN2O3. The van der Waals surface area contributed by atoms with Crippen LogP contribution in [0, 0.1) is 11.8 Å². The van der Waals surface area contributed by atoms with Crippen LogP contribution in [0.25, 0.3) is 0 Å². The molecule has 0 fully saturated rings. The molecule has 1 aromatic rings. The number of rotatable bonds is 5. The van der Waals surface area contributed by atoms with E-state index in [0.29, 0.717) is 29.5 Å². The third kappa shape index (κ3) is 5.26. The predicted molar refractivity (Wildman–Crippen MR) is 72.5 cm³/mol. The Morgan fingerprint density at radius 1 is 1.47 bits per heavy atom. The van der Waals surface area contributed by atoms with Crippen molar-refractivity contribution in [2.24, 2.45) is 5.16 Å². The molecule has 1 aromatic heterocycles. The van der Waals surface area contributed by atoms with Crippen molar-refractivity contribution in [3.05, 3.63) is 28.5 Å². The van der Waals surface area contributed by atoms with Gasteiger partial charge in [0.15, 0.2) is 0 Å². The molecule has 0 aliphatic carbocycles. The van der Waals surface area contributed by atoms with Gasteiger partial charge in [-0.15, -0.1) is 0 Å². The van der Waals surface area contributed by atoms with Crippen molar-refractivity contribution < 1.29 is 14.7 Å². The van der Waals surface area contributed by atoms with E-state index in [1.54, 1.807) is 6.07 Å². The van der Waals surface area contributed by atoms with Crippen molar-refractivity contribution in [3.8, 4) is 11.8 Å². The topological polar surface area (TPSA) is 63.9 Å². The van der Waals surface area contributed by atoms with Gasteiger partial charge >= 0.3 is 0 Å². The average Bonchev–Trinajstić information content (AvgIpc) is 2.38. The Hall–Kier alpha value is -1.61. The van der Waals surface area contributed by atoms with Crippen LogP contribution in [0.1, 0.15) is 25.0 Å². The van der Waals surface area contributed by atoms with Gasteiger partial charge in [-0.3, -0.25) is 0 Å². The molecule has 0 radical (unpaired) electrons. The second-order valence-corrected chi connectivity index (χ2v) is 3.74. The van der Waals surface area contributed by atoms with Crippen LogP contribution in [-0.4, -0.2) is 35.9 Å². The molecule has 0 aliphatic rings. The Kier molecular flexibility index (Phi) is 6.90. The first-order chi connectivity index (χ1) is 9.21. The Bertz CT molecular complexity index is 488. The van der Waals surface area contributed by atoms with Gasteiger partial charge in [0.1, 0.15) is 5.15 Å². The van der Waals surface area contributed by atoms with Crippen LogP contribution in [0.2, 0.25) is 5.15 Å². The maximum absolute atomic E-state index is 8.59. The molecule has 19 heavy (non-hydrogen) atoms. The number of oxime groups is 1. The average molecular weight is 283 g/mol. The summed E-state index contributed by atoms with van der Waals surface area (Å²) in [5.41, 5.74) is 1.15. The molecule has 0 spiro atoms. The van der Waals surface area contributed by atoms with Crippen molar-refractivity contribution in [1.29, 1.82) is 0 Å². The number of halogens is 1. The van der Waals surface area contributed by atoms with Crippen molar-refractivity contribution in [1.82, 2.24) is 4.98 Å². The van der Waals surface area contributed by atoms with Crippen LogP contribution in [0.3, 0.4) is 0 Å². The number of hydrogen-bond acceptors (Lipinski definition) is 5. The third-order valence-corrected chi connectivity index (χ3v) is 2.27. The molecule has 0 atom stereocenters. The van der Waals surface area contributed by atoms with Crippen molar-refractivity contribution >= 4 is 17.8 Å². The van der Waals surface area contributed by atoms with E-state index in [1.807, 2.05) is 13.8 Å². The molecule has 0 amide bonds. The fourth-order valence-electron chi connectivity index (χ4n) is 1.29. The summed E-state index contributed by atoms with van der Waals surface area (Å²) < 4.78 is 10.6. The lowest BCUT2D eigenvalue weighted by Crippen LogP contribution is -2.14. The van der Waals surface area contributed by atoms with Crippen LogP contribution in [-0.2, 0) is 9.47 Å². The SMILES string of the molecule is CCOC(C#Cc1cnc(Cl)cc1C=NO)OCC. The lowest BCUT2D eigenvalue weighted by atomic mass is 10.1. The number of aromatic nitrogens is 1. The first kappa shape index (κ1) is 15.4. The lowest BCUT2D eigenvalue weighted by Gasteiger charge is -2.09. The first-order valence-corrected chi connectivity index (χ1v) is 6.16. The van der Waals surface area contributed by atoms with E-state index in [0.717, 1.165) is 0 Å². The van der Waals surface area contributed by atoms with E-state index >= 15 is 0 Å². The maximum Gasteiger partial charge on any atom is 0.222 e. The van der Waals surface area contributed by atoms with Gasteiger partial charge in [0.2, 0.25) is 6.29 Å². The van der Waals surface area contributed by atoms with Crippen LogP contribution < -0.4 is 0 Å². The van der Waals surface area contributed by atoms with E-state index in [9.17, 15) is 0 Å². The Labute approximate surface area is 117 Å². The first-order valence-electron chi connectivity index (χ1n) is 5.79. The van der Waals surface area contributed by atoms with E-state index in [1.165, 1.54) is 12.4 Å². The van der Waals surface area contributed by atoms with Crippen molar-refractivity contribution in [2.45, 2.75) is 20.1 Å². The number of nitrogens with zero attached hydrogens (tertiary/aromatic N) is 2. The zero-order valence-corrected chi connectivity index (χ0v) is 11.5. The molecule has 0 unspecified atom stereocenters. The minimum absolute atomic E-state index is 0.298. The van der Waals surface area contributed by atoms with Crippen molar-refractivity contribution in [2.75, 3.05) is 13.2 Å². The van der Waals surface area contributed by atoms with Gasteiger partial charge < -0.3 is 14.7 Å². The molecule has 0 saturated heterocycles. The highest BCUT2D eigenvalue weighted by atomic mass is 35.5. The highest BCUT2D eigenvalue weighted by Gasteiger charge is 2.04. The van der Waals surface area contributed by atoms with Gasteiger partial charge in [-0.1, -0.05) is 22.7 Å². The smallest absolute Gasteiger partial charge is 0.222 e. The molecule has 6 heteroatoms. The fourth-order valence-corrected chi connectivity index (χ4v) is 1.45. The monoisotopic (exact) mass is 282 g/mol. The standard InChI is InChI=1S/C13H15ClN2O3/c1-3-18-13(19-4-2)6-5-10-8-15-12(14)7-11(10)9-16-17/h7-9,13,17H,3-4H2,1-2H3. The molecule has 5 nitrogen and oxygen atoms in total. The number of ether oxygens (including phenoxy) is 2.